The maximum Gasteiger partial charge on any atom is 0.355 e. The fourth-order valence-corrected chi connectivity index (χ4v) is 6.53. The van der Waals surface area contributed by atoms with Crippen molar-refractivity contribution < 1.29 is 43.5 Å². The Hall–Kier alpha value is -4.18. The highest BCUT2D eigenvalue weighted by atomic mass is 32.1. The first-order valence-electron chi connectivity index (χ1n) is 15.8. The Balaban J connectivity index is 1.38. The number of unbranched alkanes of at least 4 members (excludes halogenated alkanes) is 1. The minimum atomic E-state index is -1.15. The normalized spacial score (nSPS) is 14.4. The summed E-state index contributed by atoms with van der Waals surface area (Å²) in [6, 6.07) is -1.03. The Morgan fingerprint density at radius 3 is 2.27 bits per heavy atom. The zero-order valence-electron chi connectivity index (χ0n) is 27.0. The van der Waals surface area contributed by atoms with Gasteiger partial charge in [-0.05, 0) is 31.6 Å². The van der Waals surface area contributed by atoms with Crippen molar-refractivity contribution in [2.75, 3.05) is 0 Å². The quantitative estimate of drug-likeness (QED) is 0.123. The van der Waals surface area contributed by atoms with Crippen LogP contribution in [-0.2, 0) is 40.0 Å². The van der Waals surface area contributed by atoms with Crippen LogP contribution < -0.4 is 16.4 Å². The molecule has 1 saturated carbocycles. The van der Waals surface area contributed by atoms with Crippen LogP contribution in [-0.4, -0.2) is 73.5 Å². The highest BCUT2D eigenvalue weighted by molar-refractivity contribution is 7.14. The number of rotatable bonds is 23. The molecule has 0 aromatic carbocycles. The van der Waals surface area contributed by atoms with E-state index in [4.69, 9.17) is 10.8 Å². The molecule has 5 N–H and O–H groups in total. The second-order valence-corrected chi connectivity index (χ2v) is 14.0. The Morgan fingerprint density at radius 2 is 1.65 bits per heavy atom. The number of aromatic nitrogens is 2. The fourth-order valence-electron chi connectivity index (χ4n) is 4.92. The maximum absolute atomic E-state index is 12.9. The van der Waals surface area contributed by atoms with E-state index in [0.717, 1.165) is 17.8 Å². The number of nitrogens with one attached hydrogen (secondary N) is 2. The third-order valence-electron chi connectivity index (χ3n) is 7.84. The lowest BCUT2D eigenvalue weighted by atomic mass is 9.93. The zero-order chi connectivity index (χ0) is 35.4. The molecular weight excluding hydrogens is 663 g/mol. The van der Waals surface area contributed by atoms with Crippen LogP contribution in [0.4, 0.5) is 0 Å². The van der Waals surface area contributed by atoms with Gasteiger partial charge in [0.25, 0.3) is 0 Å². The summed E-state index contributed by atoms with van der Waals surface area (Å²) in [5.74, 6) is -4.49. The molecule has 2 atom stereocenters. The van der Waals surface area contributed by atoms with Crippen LogP contribution in [0.25, 0.3) is 10.7 Å². The number of aryl methyl sites for hydroxylation is 1. The molecule has 16 heteroatoms. The van der Waals surface area contributed by atoms with Crippen LogP contribution in [0.15, 0.2) is 10.8 Å². The molecule has 2 aromatic rings. The van der Waals surface area contributed by atoms with E-state index >= 15 is 0 Å². The Labute approximate surface area is 285 Å². The number of carbonyl (C=O) groups excluding carboxylic acids is 7. The molecular formula is C32H41N5O9S2. The number of hydrogen-bond acceptors (Lipinski definition) is 12. The second kappa shape index (κ2) is 17.8. The molecule has 2 heterocycles. The summed E-state index contributed by atoms with van der Waals surface area (Å²) >= 11 is 2.46. The smallest absolute Gasteiger partial charge is 0.355 e. The SMILES string of the molecule is CCCCC(=O)N[C@H](CC(N)=O)C(=O)C[C@@H](C)CCC(=O)CC(=O)NC1(C(=O)CC(=O)CCc2nc(-c3nc(C(=O)O)cs3)cs2)CC1. The van der Waals surface area contributed by atoms with Gasteiger partial charge in [-0.2, -0.15) is 0 Å². The van der Waals surface area contributed by atoms with Crippen LogP contribution in [0.5, 0.6) is 0 Å². The first-order chi connectivity index (χ1) is 22.7. The van der Waals surface area contributed by atoms with E-state index in [1.165, 1.54) is 16.7 Å². The summed E-state index contributed by atoms with van der Waals surface area (Å²) in [6.45, 7) is 3.68. The van der Waals surface area contributed by atoms with Gasteiger partial charge in [0.2, 0.25) is 17.7 Å². The number of nitrogens with zero attached hydrogens (tertiary/aromatic N) is 2. The average molecular weight is 704 g/mol. The van der Waals surface area contributed by atoms with Gasteiger partial charge in [0.05, 0.1) is 35.9 Å². The van der Waals surface area contributed by atoms with Crippen LogP contribution in [0, 0.1) is 5.92 Å². The first kappa shape index (κ1) is 38.3. The molecule has 1 fully saturated rings. The number of amides is 3. The number of Topliss-reactive ketones (excluding diaryl/α,β-unsaturated/α-hetero) is 4. The number of nitrogens with two attached hydrogens (primary N) is 1. The van der Waals surface area contributed by atoms with E-state index in [0.29, 0.717) is 47.8 Å². The monoisotopic (exact) mass is 703 g/mol. The van der Waals surface area contributed by atoms with Gasteiger partial charge in [0.1, 0.15) is 22.3 Å². The summed E-state index contributed by atoms with van der Waals surface area (Å²) < 4.78 is 0. The van der Waals surface area contributed by atoms with Gasteiger partial charge in [-0.15, -0.1) is 22.7 Å². The highest BCUT2D eigenvalue weighted by Gasteiger charge is 2.50. The number of carboxylic acids is 1. The van der Waals surface area contributed by atoms with Gasteiger partial charge < -0.3 is 21.5 Å². The number of thiazole rings is 2. The number of carboxylic acid groups (broad SMARTS) is 1. The van der Waals surface area contributed by atoms with Crippen molar-refractivity contribution in [3.63, 3.8) is 0 Å². The lowest BCUT2D eigenvalue weighted by Crippen LogP contribution is -2.44. The number of aromatic carboxylic acids is 1. The minimum absolute atomic E-state index is 0.0142. The summed E-state index contributed by atoms with van der Waals surface area (Å²) in [4.78, 5) is 106. The van der Waals surface area contributed by atoms with E-state index in [1.807, 2.05) is 6.92 Å². The van der Waals surface area contributed by atoms with Gasteiger partial charge in [-0.1, -0.05) is 20.3 Å². The predicted octanol–water partition coefficient (Wildman–Crippen LogP) is 2.96. The van der Waals surface area contributed by atoms with Gasteiger partial charge in [0.15, 0.2) is 17.3 Å². The van der Waals surface area contributed by atoms with Crippen molar-refractivity contribution in [1.82, 2.24) is 20.6 Å². The summed E-state index contributed by atoms with van der Waals surface area (Å²) in [6.07, 6.45) is 2.02. The largest absolute Gasteiger partial charge is 0.476 e. The van der Waals surface area contributed by atoms with E-state index in [-0.39, 0.29) is 73.4 Å². The molecule has 48 heavy (non-hydrogen) atoms. The number of ketones is 4. The molecule has 0 radical (unpaired) electrons. The molecule has 1 aliphatic carbocycles. The van der Waals surface area contributed by atoms with Crippen LogP contribution in [0.2, 0.25) is 0 Å². The van der Waals surface area contributed by atoms with Crippen LogP contribution in [0.1, 0.15) is 106 Å². The van der Waals surface area contributed by atoms with E-state index in [9.17, 15) is 38.4 Å². The van der Waals surface area contributed by atoms with Crippen molar-refractivity contribution in [2.45, 2.75) is 109 Å². The number of primary amides is 1. The average Bonchev–Trinajstić information content (AvgIpc) is 3.38. The topological polar surface area (TPSA) is 233 Å². The van der Waals surface area contributed by atoms with Gasteiger partial charge in [0, 0.05) is 42.9 Å². The third kappa shape index (κ3) is 12.1. The zero-order valence-corrected chi connectivity index (χ0v) is 28.6. The van der Waals surface area contributed by atoms with Gasteiger partial charge in [-0.25, -0.2) is 14.8 Å². The van der Waals surface area contributed by atoms with E-state index in [1.54, 1.807) is 12.3 Å². The van der Waals surface area contributed by atoms with Crippen molar-refractivity contribution in [2.24, 2.45) is 11.7 Å². The predicted molar refractivity (Wildman–Crippen MR) is 176 cm³/mol. The van der Waals surface area contributed by atoms with Crippen molar-refractivity contribution in [1.29, 1.82) is 0 Å². The maximum atomic E-state index is 12.9. The summed E-state index contributed by atoms with van der Waals surface area (Å²) in [5, 5.41) is 18.5. The van der Waals surface area contributed by atoms with Gasteiger partial charge >= 0.3 is 5.97 Å². The number of carbonyl (C=O) groups is 8. The second-order valence-electron chi connectivity index (χ2n) is 12.2. The lowest BCUT2D eigenvalue weighted by Gasteiger charge is -2.19. The molecule has 0 aliphatic heterocycles. The van der Waals surface area contributed by atoms with Crippen LogP contribution in [0.3, 0.4) is 0 Å². The molecule has 3 amide bonds. The van der Waals surface area contributed by atoms with Crippen LogP contribution >= 0.6 is 22.7 Å². The number of hydrogen-bond donors (Lipinski definition) is 4. The van der Waals surface area contributed by atoms with Gasteiger partial charge in [-0.3, -0.25) is 33.6 Å². The molecule has 1 aliphatic rings. The van der Waals surface area contributed by atoms with Crippen molar-refractivity contribution in [3.05, 3.63) is 21.5 Å². The molecule has 0 saturated heterocycles. The fraction of sp³-hybridized carbons (Fsp3) is 0.562. The third-order valence-corrected chi connectivity index (χ3v) is 9.62. The van der Waals surface area contributed by atoms with Crippen molar-refractivity contribution >= 4 is 69.5 Å². The molecule has 260 valence electrons. The minimum Gasteiger partial charge on any atom is -0.476 e. The van der Waals surface area contributed by atoms with Crippen molar-refractivity contribution in [3.8, 4) is 10.7 Å². The van der Waals surface area contributed by atoms with E-state index in [2.05, 4.69) is 20.6 Å². The molecule has 2 aromatic heterocycles. The Morgan fingerprint density at radius 1 is 0.938 bits per heavy atom. The molecule has 0 unspecified atom stereocenters. The molecule has 14 nitrogen and oxygen atoms in total. The molecule has 0 bridgehead atoms. The Bertz CT molecular complexity index is 1550. The molecule has 3 rings (SSSR count). The standard InChI is InChI=1S/C32H41N5O9S2/c1-3-4-5-27(43)34-21(15-26(33)42)24(40)12-18(2)6-7-20(39)14-28(44)37-32(10-11-32)25(41)13-19(38)8-9-29-35-22(16-47-29)30-36-23(17-48-30)31(45)46/h16-18,21H,3-15H2,1-2H3,(H2,33,42)(H,34,43)(H,37,44)(H,45,46)/t18-,21+/m0/s1. The first-order valence-corrected chi connectivity index (χ1v) is 17.6. The highest BCUT2D eigenvalue weighted by Crippen LogP contribution is 2.37. The van der Waals surface area contributed by atoms with E-state index < -0.39 is 41.6 Å². The summed E-state index contributed by atoms with van der Waals surface area (Å²) in [7, 11) is 0. The summed E-state index contributed by atoms with van der Waals surface area (Å²) in [5.41, 5.74) is 4.56. The Kier molecular flexibility index (Phi) is 14.2. The lowest BCUT2D eigenvalue weighted by molar-refractivity contribution is -0.134. The molecule has 0 spiro atoms.